The number of hydrogen-bond donors (Lipinski definition) is 1. The standard InChI is InChI=1S/C26H46O3S.H3N/c1-2-3-4-5-6-7-8-9-10-11-12-13-14-15-16-17-18-22-25-29-30(27,28)26-23-20-19-21-24-26;/h19-21,23-24H,2-18,22,25H2,1H3;1H3. The van der Waals surface area contributed by atoms with Gasteiger partial charge in [0.15, 0.2) is 0 Å². The van der Waals surface area contributed by atoms with Gasteiger partial charge in [0.25, 0.3) is 10.1 Å². The number of unbranched alkanes of at least 4 members (excludes halogenated alkanes) is 17. The summed E-state index contributed by atoms with van der Waals surface area (Å²) in [6.07, 6.45) is 23.9. The SMILES string of the molecule is CCCCCCCCCCCCCCCCCCCCOS(=O)(=O)c1ccccc1.N. The van der Waals surface area contributed by atoms with Crippen LogP contribution in [0.4, 0.5) is 0 Å². The molecule has 0 unspecified atom stereocenters. The second kappa shape index (κ2) is 21.0. The van der Waals surface area contributed by atoms with Crippen LogP contribution in [-0.2, 0) is 14.3 Å². The van der Waals surface area contributed by atoms with Crippen LogP contribution in [0.1, 0.15) is 122 Å². The predicted octanol–water partition coefficient (Wildman–Crippen LogP) is 8.60. The second-order valence-corrected chi connectivity index (χ2v) is 10.2. The van der Waals surface area contributed by atoms with Gasteiger partial charge < -0.3 is 6.15 Å². The highest BCUT2D eigenvalue weighted by Crippen LogP contribution is 2.15. The monoisotopic (exact) mass is 455 g/mol. The van der Waals surface area contributed by atoms with E-state index in [1.165, 1.54) is 103 Å². The summed E-state index contributed by atoms with van der Waals surface area (Å²) < 4.78 is 29.1. The van der Waals surface area contributed by atoms with Crippen LogP contribution < -0.4 is 6.15 Å². The average molecular weight is 456 g/mol. The van der Waals surface area contributed by atoms with E-state index in [2.05, 4.69) is 6.92 Å². The summed E-state index contributed by atoms with van der Waals surface area (Å²) >= 11 is 0. The molecular weight excluding hydrogens is 406 g/mol. The Balaban J connectivity index is 0.00000900. The molecular formula is C26H49NO3S. The first kappa shape index (κ1) is 30.1. The molecule has 0 aliphatic heterocycles. The quantitative estimate of drug-likeness (QED) is 0.149. The number of hydrogen-bond acceptors (Lipinski definition) is 4. The molecule has 0 bridgehead atoms. The first-order valence-electron chi connectivity index (χ1n) is 12.6. The van der Waals surface area contributed by atoms with Crippen molar-refractivity contribution in [3.63, 3.8) is 0 Å². The van der Waals surface area contributed by atoms with E-state index in [1.54, 1.807) is 30.3 Å². The third kappa shape index (κ3) is 17.3. The fraction of sp³-hybridized carbons (Fsp3) is 0.769. The Morgan fingerprint density at radius 3 is 1.32 bits per heavy atom. The molecule has 0 saturated carbocycles. The van der Waals surface area contributed by atoms with Gasteiger partial charge in [0.05, 0.1) is 11.5 Å². The van der Waals surface area contributed by atoms with Crippen LogP contribution in [-0.4, -0.2) is 15.0 Å². The summed E-state index contributed by atoms with van der Waals surface area (Å²) in [6, 6.07) is 8.38. The molecule has 4 nitrogen and oxygen atoms in total. The molecule has 0 spiro atoms. The molecule has 0 aliphatic carbocycles. The zero-order valence-corrected chi connectivity index (χ0v) is 21.0. The van der Waals surface area contributed by atoms with Crippen molar-refractivity contribution in [1.29, 1.82) is 0 Å². The maximum absolute atomic E-state index is 12.0. The predicted molar refractivity (Wildman–Crippen MR) is 133 cm³/mol. The van der Waals surface area contributed by atoms with Crippen molar-refractivity contribution in [3.8, 4) is 0 Å². The van der Waals surface area contributed by atoms with Crippen molar-refractivity contribution in [2.24, 2.45) is 0 Å². The smallest absolute Gasteiger partial charge is 0.296 e. The Morgan fingerprint density at radius 1 is 0.581 bits per heavy atom. The van der Waals surface area contributed by atoms with E-state index in [4.69, 9.17) is 4.18 Å². The first-order chi connectivity index (χ1) is 14.7. The Labute approximate surface area is 193 Å². The zero-order valence-electron chi connectivity index (χ0n) is 20.2. The van der Waals surface area contributed by atoms with Crippen molar-refractivity contribution in [3.05, 3.63) is 30.3 Å². The molecule has 1 aromatic rings. The molecule has 0 radical (unpaired) electrons. The second-order valence-electron chi connectivity index (χ2n) is 8.60. The lowest BCUT2D eigenvalue weighted by Crippen LogP contribution is -2.07. The van der Waals surface area contributed by atoms with Crippen molar-refractivity contribution >= 4 is 10.1 Å². The molecule has 182 valence electrons. The van der Waals surface area contributed by atoms with Crippen LogP contribution in [0.3, 0.4) is 0 Å². The van der Waals surface area contributed by atoms with E-state index in [-0.39, 0.29) is 17.7 Å². The Bertz CT molecular complexity index is 590. The minimum absolute atomic E-state index is 0. The van der Waals surface area contributed by atoms with Gasteiger partial charge in [-0.1, -0.05) is 134 Å². The molecule has 5 heteroatoms. The average Bonchev–Trinajstić information content (AvgIpc) is 2.76. The van der Waals surface area contributed by atoms with Crippen LogP contribution in [0.5, 0.6) is 0 Å². The molecule has 3 N–H and O–H groups in total. The summed E-state index contributed by atoms with van der Waals surface area (Å²) in [4.78, 5) is 0.243. The molecule has 0 aromatic heterocycles. The maximum atomic E-state index is 12.0. The van der Waals surface area contributed by atoms with Gasteiger partial charge in [0, 0.05) is 0 Å². The summed E-state index contributed by atoms with van der Waals surface area (Å²) in [5, 5.41) is 0. The van der Waals surface area contributed by atoms with Gasteiger partial charge in [0.2, 0.25) is 0 Å². The molecule has 0 heterocycles. The maximum Gasteiger partial charge on any atom is 0.296 e. The van der Waals surface area contributed by atoms with Crippen molar-refractivity contribution in [1.82, 2.24) is 6.15 Å². The van der Waals surface area contributed by atoms with E-state index in [9.17, 15) is 8.42 Å². The molecule has 0 saturated heterocycles. The Hall–Kier alpha value is -0.910. The lowest BCUT2D eigenvalue weighted by molar-refractivity contribution is 0.306. The summed E-state index contributed by atoms with van der Waals surface area (Å²) in [6.45, 7) is 2.57. The van der Waals surface area contributed by atoms with Crippen LogP contribution in [0.2, 0.25) is 0 Å². The van der Waals surface area contributed by atoms with Gasteiger partial charge in [-0.15, -0.1) is 0 Å². The van der Waals surface area contributed by atoms with Gasteiger partial charge in [-0.3, -0.25) is 4.18 Å². The topological polar surface area (TPSA) is 78.4 Å². The van der Waals surface area contributed by atoms with E-state index < -0.39 is 10.1 Å². The minimum atomic E-state index is -3.58. The lowest BCUT2D eigenvalue weighted by atomic mass is 10.0. The largest absolute Gasteiger partial charge is 0.344 e. The molecule has 0 fully saturated rings. The van der Waals surface area contributed by atoms with Crippen LogP contribution in [0.25, 0.3) is 0 Å². The number of benzene rings is 1. The highest BCUT2D eigenvalue weighted by atomic mass is 32.2. The van der Waals surface area contributed by atoms with Crippen molar-refractivity contribution < 1.29 is 12.6 Å². The summed E-state index contributed by atoms with van der Waals surface area (Å²) in [5.41, 5.74) is 0. The highest BCUT2D eigenvalue weighted by molar-refractivity contribution is 7.86. The Kier molecular flexibility index (Phi) is 20.3. The summed E-state index contributed by atoms with van der Waals surface area (Å²) in [5.74, 6) is 0. The molecule has 1 rings (SSSR count). The van der Waals surface area contributed by atoms with E-state index >= 15 is 0 Å². The lowest BCUT2D eigenvalue weighted by Gasteiger charge is -2.06. The van der Waals surface area contributed by atoms with Crippen LogP contribution >= 0.6 is 0 Å². The number of rotatable bonds is 21. The van der Waals surface area contributed by atoms with Gasteiger partial charge in [0.1, 0.15) is 0 Å². The van der Waals surface area contributed by atoms with Crippen LogP contribution in [0.15, 0.2) is 35.2 Å². The fourth-order valence-corrected chi connectivity index (χ4v) is 4.79. The van der Waals surface area contributed by atoms with Crippen molar-refractivity contribution in [2.45, 2.75) is 127 Å². The fourth-order valence-electron chi connectivity index (χ4n) is 3.83. The Morgan fingerprint density at radius 2 is 0.935 bits per heavy atom. The zero-order chi connectivity index (χ0) is 21.8. The van der Waals surface area contributed by atoms with E-state index in [1.807, 2.05) is 0 Å². The summed E-state index contributed by atoms with van der Waals surface area (Å²) in [7, 11) is -3.58. The minimum Gasteiger partial charge on any atom is -0.344 e. The van der Waals surface area contributed by atoms with Gasteiger partial charge in [-0.25, -0.2) is 0 Å². The highest BCUT2D eigenvalue weighted by Gasteiger charge is 2.13. The first-order valence-corrected chi connectivity index (χ1v) is 14.0. The van der Waals surface area contributed by atoms with E-state index in [0.29, 0.717) is 0 Å². The molecule has 0 aliphatic rings. The molecule has 1 aromatic carbocycles. The van der Waals surface area contributed by atoms with Crippen LogP contribution in [0, 0.1) is 0 Å². The van der Waals surface area contributed by atoms with E-state index in [0.717, 1.165) is 12.8 Å². The van der Waals surface area contributed by atoms with Gasteiger partial charge in [-0.2, -0.15) is 8.42 Å². The van der Waals surface area contributed by atoms with Gasteiger partial charge >= 0.3 is 0 Å². The van der Waals surface area contributed by atoms with Gasteiger partial charge in [-0.05, 0) is 18.6 Å². The molecule has 0 atom stereocenters. The molecule has 0 amide bonds. The third-order valence-corrected chi connectivity index (χ3v) is 7.09. The van der Waals surface area contributed by atoms with Crippen molar-refractivity contribution in [2.75, 3.05) is 6.61 Å². The molecule has 31 heavy (non-hydrogen) atoms. The third-order valence-electron chi connectivity index (χ3n) is 5.77. The normalized spacial score (nSPS) is 11.4.